The van der Waals surface area contributed by atoms with Gasteiger partial charge in [0, 0.05) is 56.9 Å². The maximum Gasteiger partial charge on any atom is 0.315 e. The minimum atomic E-state index is -1.30. The Hall–Kier alpha value is -8.60. The highest BCUT2D eigenvalue weighted by molar-refractivity contribution is 6.12. The summed E-state index contributed by atoms with van der Waals surface area (Å²) in [6.45, 7) is 8.39. The highest BCUT2D eigenvalue weighted by Gasteiger charge is 2.49. The van der Waals surface area contributed by atoms with Crippen molar-refractivity contribution in [2.24, 2.45) is 0 Å². The SMILES string of the molecule is COc1ccccc1C1c2c(n[nH]c2C(C)(C)C(=O)O)C(=O)N1c1ccc(-c2ccon2)cc1.COc1ccccc1C1c2c(n[nH]c2C(C)(C)C(C)=O)C(=O)N1c1ccc(-c2ccon2)cc1. The number of fused-ring (bicyclic) bond motifs is 2. The van der Waals surface area contributed by atoms with Crippen molar-refractivity contribution in [1.29, 1.82) is 0 Å². The van der Waals surface area contributed by atoms with Crippen LogP contribution in [0, 0.1) is 0 Å². The fourth-order valence-corrected chi connectivity index (χ4v) is 8.73. The molecule has 4 aromatic heterocycles. The molecule has 10 rings (SSSR count). The lowest BCUT2D eigenvalue weighted by Crippen LogP contribution is -2.33. The van der Waals surface area contributed by atoms with Gasteiger partial charge in [-0.2, -0.15) is 10.2 Å². The summed E-state index contributed by atoms with van der Waals surface area (Å²) in [6.07, 6.45) is 3.01. The first-order chi connectivity index (χ1) is 32.7. The zero-order valence-electron chi connectivity index (χ0n) is 38.1. The summed E-state index contributed by atoms with van der Waals surface area (Å²) in [4.78, 5) is 55.3. The van der Waals surface area contributed by atoms with E-state index in [0.717, 1.165) is 22.3 Å². The fourth-order valence-electron chi connectivity index (χ4n) is 8.73. The minimum absolute atomic E-state index is 0.0272. The smallest absolute Gasteiger partial charge is 0.315 e. The topological polar surface area (TPSA) is 223 Å². The molecule has 0 aliphatic carbocycles. The van der Waals surface area contributed by atoms with Crippen molar-refractivity contribution in [3.05, 3.63) is 167 Å². The van der Waals surface area contributed by atoms with Crippen LogP contribution < -0.4 is 19.3 Å². The molecule has 8 aromatic rings. The number of benzene rings is 4. The summed E-state index contributed by atoms with van der Waals surface area (Å²) < 4.78 is 21.1. The molecule has 2 aliphatic heterocycles. The number of carbonyl (C=O) groups excluding carboxylic acids is 3. The van der Waals surface area contributed by atoms with Gasteiger partial charge in [0.15, 0.2) is 11.4 Å². The number of nitrogens with one attached hydrogen (secondary N) is 2. The van der Waals surface area contributed by atoms with Crippen LogP contribution in [-0.2, 0) is 20.4 Å². The normalized spacial score (nSPS) is 15.5. The standard InChI is InChI=1S/C26H24N4O4.C25H22N4O5/c1-15(31)26(2,3)24-21-22(27-28-24)25(32)30(23(21)18-7-5-6-8-20(18)33-4)17-11-9-16(10-12-17)19-13-14-34-29-19;1-25(2,24(31)32)22-19-20(26-27-22)23(30)29(21(19)16-6-4-5-7-18(16)33-3)15-10-8-14(9-11-15)17-12-13-34-28-17/h5-14,23H,1-4H3,(H,27,28);4-13,21H,1-3H3,(H,26,27)(H,31,32). The van der Waals surface area contributed by atoms with Crippen LogP contribution in [0.25, 0.3) is 22.5 Å². The van der Waals surface area contributed by atoms with E-state index in [0.29, 0.717) is 62.5 Å². The number of hydrogen-bond acceptors (Lipinski definition) is 12. The number of para-hydroxylation sites is 2. The number of hydrogen-bond donors (Lipinski definition) is 3. The molecule has 2 unspecified atom stereocenters. The third-order valence-corrected chi connectivity index (χ3v) is 12.8. The molecule has 0 fully saturated rings. The van der Waals surface area contributed by atoms with Crippen LogP contribution in [0.4, 0.5) is 11.4 Å². The lowest BCUT2D eigenvalue weighted by atomic mass is 9.81. The number of aromatic nitrogens is 6. The van der Waals surface area contributed by atoms with Crippen molar-refractivity contribution in [3.8, 4) is 34.0 Å². The Morgan fingerprint density at radius 1 is 0.603 bits per heavy atom. The quantitative estimate of drug-likeness (QED) is 0.104. The number of H-pyrrole nitrogens is 2. The molecular weight excluding hydrogens is 869 g/mol. The van der Waals surface area contributed by atoms with Gasteiger partial charge in [0.25, 0.3) is 11.8 Å². The van der Waals surface area contributed by atoms with Crippen LogP contribution in [0.1, 0.15) is 101 Å². The number of amides is 2. The van der Waals surface area contributed by atoms with E-state index >= 15 is 0 Å². The molecule has 0 saturated carbocycles. The maximum atomic E-state index is 13.7. The number of Topliss-reactive ketones (excluding diaryl/α,β-unsaturated/α-hetero) is 1. The first-order valence-electron chi connectivity index (χ1n) is 21.6. The Balaban J connectivity index is 0.000000170. The minimum Gasteiger partial charge on any atom is -0.496 e. The van der Waals surface area contributed by atoms with Gasteiger partial charge in [-0.25, -0.2) is 0 Å². The highest BCUT2D eigenvalue weighted by Crippen LogP contribution is 2.49. The average Bonchev–Trinajstić information content (AvgIpc) is 4.22. The second-order valence-corrected chi connectivity index (χ2v) is 17.3. The van der Waals surface area contributed by atoms with Gasteiger partial charge in [-0.3, -0.25) is 39.2 Å². The van der Waals surface area contributed by atoms with Gasteiger partial charge in [-0.05, 0) is 71.0 Å². The van der Waals surface area contributed by atoms with Crippen LogP contribution in [0.3, 0.4) is 0 Å². The maximum absolute atomic E-state index is 13.7. The molecule has 4 aromatic carbocycles. The van der Waals surface area contributed by atoms with Gasteiger partial charge >= 0.3 is 5.97 Å². The molecule has 2 atom stereocenters. The number of ketones is 1. The lowest BCUT2D eigenvalue weighted by molar-refractivity contribution is -0.142. The van der Waals surface area contributed by atoms with Crippen LogP contribution in [0.15, 0.2) is 131 Å². The molecule has 6 heterocycles. The van der Waals surface area contributed by atoms with E-state index in [1.165, 1.54) is 12.5 Å². The number of rotatable bonds is 12. The molecule has 0 saturated heterocycles. The van der Waals surface area contributed by atoms with Crippen molar-refractivity contribution >= 4 is 34.9 Å². The van der Waals surface area contributed by atoms with Crippen molar-refractivity contribution in [2.75, 3.05) is 24.0 Å². The molecule has 0 radical (unpaired) electrons. The molecule has 2 aliphatic rings. The zero-order valence-corrected chi connectivity index (χ0v) is 38.1. The molecule has 2 amide bonds. The van der Waals surface area contributed by atoms with E-state index in [9.17, 15) is 24.3 Å². The zero-order chi connectivity index (χ0) is 48.1. The number of aliphatic carboxylic acids is 1. The van der Waals surface area contributed by atoms with Gasteiger partial charge in [0.05, 0.1) is 43.1 Å². The Labute approximate surface area is 389 Å². The van der Waals surface area contributed by atoms with Gasteiger partial charge in [-0.15, -0.1) is 0 Å². The number of ether oxygens (including phenoxy) is 2. The molecule has 0 spiro atoms. The van der Waals surface area contributed by atoms with Crippen molar-refractivity contribution in [1.82, 2.24) is 30.7 Å². The largest absolute Gasteiger partial charge is 0.496 e. The van der Waals surface area contributed by atoms with Gasteiger partial charge in [0.1, 0.15) is 46.6 Å². The number of methoxy groups -OCH3 is 2. The van der Waals surface area contributed by atoms with Crippen molar-refractivity contribution in [3.63, 3.8) is 0 Å². The van der Waals surface area contributed by atoms with E-state index < -0.39 is 28.9 Å². The van der Waals surface area contributed by atoms with E-state index in [2.05, 4.69) is 30.7 Å². The summed E-state index contributed by atoms with van der Waals surface area (Å²) in [5.74, 6) is -0.408. The Bertz CT molecular complexity index is 2960. The molecule has 17 heteroatoms. The van der Waals surface area contributed by atoms with Gasteiger partial charge in [0.2, 0.25) is 0 Å². The van der Waals surface area contributed by atoms with E-state index in [1.54, 1.807) is 56.9 Å². The van der Waals surface area contributed by atoms with Crippen LogP contribution in [0.2, 0.25) is 0 Å². The van der Waals surface area contributed by atoms with Gasteiger partial charge in [-0.1, -0.05) is 71.0 Å². The summed E-state index contributed by atoms with van der Waals surface area (Å²) in [6, 6.07) is 32.2. The van der Waals surface area contributed by atoms with Gasteiger partial charge < -0.3 is 23.6 Å². The predicted octanol–water partition coefficient (Wildman–Crippen LogP) is 8.88. The number of carboxylic acid groups (broad SMARTS) is 1. The first-order valence-corrected chi connectivity index (χ1v) is 21.6. The number of carbonyl (C=O) groups is 4. The molecule has 0 bridgehead atoms. The van der Waals surface area contributed by atoms with E-state index in [-0.39, 0.29) is 23.3 Å². The summed E-state index contributed by atoms with van der Waals surface area (Å²) in [5.41, 5.74) is 6.52. The van der Waals surface area contributed by atoms with Crippen molar-refractivity contribution < 1.29 is 42.8 Å². The predicted molar refractivity (Wildman–Crippen MR) is 249 cm³/mol. The van der Waals surface area contributed by atoms with E-state index in [4.69, 9.17) is 18.5 Å². The second kappa shape index (κ2) is 17.3. The summed E-state index contributed by atoms with van der Waals surface area (Å²) in [7, 11) is 3.16. The first kappa shape index (κ1) is 44.6. The molecular formula is C51H46N8O9. The third kappa shape index (κ3) is 7.37. The average molecular weight is 915 g/mol. The number of aromatic amines is 2. The van der Waals surface area contributed by atoms with Crippen LogP contribution >= 0.6 is 0 Å². The summed E-state index contributed by atoms with van der Waals surface area (Å²) >= 11 is 0. The van der Waals surface area contributed by atoms with Crippen LogP contribution in [0.5, 0.6) is 11.5 Å². The highest BCUT2D eigenvalue weighted by atomic mass is 16.5. The fraction of sp³-hybridized carbons (Fsp3) is 0.216. The second-order valence-electron chi connectivity index (χ2n) is 17.3. The molecule has 344 valence electrons. The molecule has 3 N–H and O–H groups in total. The van der Waals surface area contributed by atoms with Crippen molar-refractivity contribution in [2.45, 2.75) is 57.5 Å². The Morgan fingerprint density at radius 3 is 1.35 bits per heavy atom. The Morgan fingerprint density at radius 2 is 1.00 bits per heavy atom. The number of anilines is 2. The monoisotopic (exact) mass is 914 g/mol. The number of nitrogens with zero attached hydrogens (tertiary/aromatic N) is 6. The van der Waals surface area contributed by atoms with E-state index in [1.807, 2.05) is 111 Å². The third-order valence-electron chi connectivity index (χ3n) is 12.8. The number of carboxylic acids is 1. The van der Waals surface area contributed by atoms with Crippen LogP contribution in [-0.4, -0.2) is 73.6 Å². The summed E-state index contributed by atoms with van der Waals surface area (Å²) in [5, 5.41) is 32.2. The Kier molecular flexibility index (Phi) is 11.4. The molecule has 68 heavy (non-hydrogen) atoms. The molecule has 17 nitrogen and oxygen atoms in total. The lowest BCUT2D eigenvalue weighted by Gasteiger charge is -2.30.